The number of benzene rings is 1. The molecule has 1 atom stereocenters. The van der Waals surface area contributed by atoms with Gasteiger partial charge in [0.15, 0.2) is 0 Å². The molecular formula is C29H40N2O4. The molecule has 6 nitrogen and oxygen atoms in total. The van der Waals surface area contributed by atoms with Gasteiger partial charge in [-0.25, -0.2) is 4.79 Å². The molecule has 0 radical (unpaired) electrons. The second kappa shape index (κ2) is 11.4. The van der Waals surface area contributed by atoms with Crippen LogP contribution < -0.4 is 0 Å². The molecule has 0 aromatic heterocycles. The average Bonchev–Trinajstić information content (AvgIpc) is 3.05. The van der Waals surface area contributed by atoms with Crippen molar-refractivity contribution in [3.8, 4) is 0 Å². The van der Waals surface area contributed by atoms with Crippen molar-refractivity contribution in [1.82, 2.24) is 9.80 Å². The van der Waals surface area contributed by atoms with Crippen LogP contribution in [0.4, 0.5) is 4.79 Å². The first-order valence-corrected chi connectivity index (χ1v) is 13.1. The van der Waals surface area contributed by atoms with Crippen molar-refractivity contribution in [2.24, 2.45) is 11.8 Å². The topological polar surface area (TPSA) is 59.1 Å². The molecule has 2 aliphatic heterocycles. The van der Waals surface area contributed by atoms with Crippen LogP contribution in [0.3, 0.4) is 0 Å². The van der Waals surface area contributed by atoms with Gasteiger partial charge in [0.1, 0.15) is 5.60 Å². The molecule has 2 saturated heterocycles. The summed E-state index contributed by atoms with van der Waals surface area (Å²) in [6.07, 6.45) is 8.35. The molecule has 3 aliphatic rings. The van der Waals surface area contributed by atoms with Gasteiger partial charge in [0.2, 0.25) is 0 Å². The first-order valence-electron chi connectivity index (χ1n) is 13.1. The average molecular weight is 481 g/mol. The first kappa shape index (κ1) is 25.5. The number of piperidine rings is 1. The van der Waals surface area contributed by atoms with Crippen LogP contribution in [0.1, 0.15) is 58.4 Å². The molecule has 0 bridgehead atoms. The lowest BCUT2D eigenvalue weighted by Crippen LogP contribution is -2.37. The van der Waals surface area contributed by atoms with E-state index in [0.29, 0.717) is 32.0 Å². The van der Waals surface area contributed by atoms with Crippen LogP contribution in [0.5, 0.6) is 0 Å². The van der Waals surface area contributed by atoms with Crippen LogP contribution in [0, 0.1) is 11.8 Å². The number of nitrogens with zero attached hydrogens (tertiary/aromatic N) is 2. The summed E-state index contributed by atoms with van der Waals surface area (Å²) < 4.78 is 11.3. The van der Waals surface area contributed by atoms with Gasteiger partial charge in [-0.2, -0.15) is 0 Å². The Morgan fingerprint density at radius 3 is 2.34 bits per heavy atom. The molecule has 1 aromatic carbocycles. The normalized spacial score (nSPS) is 21.9. The number of carbonyl (C=O) groups excluding carboxylic acids is 2. The van der Waals surface area contributed by atoms with Gasteiger partial charge < -0.3 is 14.4 Å². The number of amides is 1. The predicted octanol–water partition coefficient (Wildman–Crippen LogP) is 5.35. The fourth-order valence-electron chi connectivity index (χ4n) is 5.08. The van der Waals surface area contributed by atoms with E-state index >= 15 is 0 Å². The molecule has 0 saturated carbocycles. The minimum absolute atomic E-state index is 0.118. The largest absolute Gasteiger partial charge is 0.465 e. The molecule has 0 spiro atoms. The molecule has 2 heterocycles. The molecule has 1 aliphatic carbocycles. The van der Waals surface area contributed by atoms with Crippen LogP contribution in [-0.2, 0) is 20.8 Å². The van der Waals surface area contributed by atoms with Crippen LogP contribution in [-0.4, -0.2) is 60.2 Å². The van der Waals surface area contributed by atoms with E-state index in [9.17, 15) is 9.59 Å². The van der Waals surface area contributed by atoms with Crippen LogP contribution in [0.2, 0.25) is 0 Å². The Kier molecular flexibility index (Phi) is 8.32. The van der Waals surface area contributed by atoms with Crippen LogP contribution in [0.15, 0.2) is 53.6 Å². The standard InChI is InChI=1S/C29H40N2O4/c1-29(2,3)35-28(33)31-17-13-24-9-10-26(19-25(24)14-18-31)27(32)34-21-23-11-15-30(16-12-23)20-22-7-5-4-6-8-22/h4-9,19,23,26H,10-18,20-21H2,1-3H3. The zero-order chi connectivity index (χ0) is 24.8. The van der Waals surface area contributed by atoms with E-state index < -0.39 is 5.60 Å². The maximum Gasteiger partial charge on any atom is 0.410 e. The highest BCUT2D eigenvalue weighted by Crippen LogP contribution is 2.31. The van der Waals surface area contributed by atoms with E-state index in [4.69, 9.17) is 9.47 Å². The highest BCUT2D eigenvalue weighted by atomic mass is 16.6. The minimum atomic E-state index is -0.498. The Morgan fingerprint density at radius 1 is 0.971 bits per heavy atom. The number of hydrogen-bond donors (Lipinski definition) is 0. The lowest BCUT2D eigenvalue weighted by Gasteiger charge is -2.32. The molecule has 35 heavy (non-hydrogen) atoms. The Morgan fingerprint density at radius 2 is 1.66 bits per heavy atom. The summed E-state index contributed by atoms with van der Waals surface area (Å²) in [5.74, 6) is 0.0985. The van der Waals surface area contributed by atoms with E-state index in [1.54, 1.807) is 4.90 Å². The van der Waals surface area contributed by atoms with E-state index in [1.165, 1.54) is 16.7 Å². The Balaban J connectivity index is 1.21. The van der Waals surface area contributed by atoms with Gasteiger partial charge in [0.25, 0.3) is 0 Å². The quantitative estimate of drug-likeness (QED) is 0.532. The second-order valence-electron chi connectivity index (χ2n) is 11.1. The fraction of sp³-hybridized carbons (Fsp3) is 0.586. The Labute approximate surface area is 209 Å². The number of esters is 1. The number of fused-ring (bicyclic) bond motifs is 1. The first-order chi connectivity index (χ1) is 16.8. The third-order valence-corrected chi connectivity index (χ3v) is 7.11. The van der Waals surface area contributed by atoms with Gasteiger partial charge in [0, 0.05) is 19.6 Å². The summed E-state index contributed by atoms with van der Waals surface area (Å²) in [5, 5.41) is 0. The van der Waals surface area contributed by atoms with Crippen molar-refractivity contribution in [1.29, 1.82) is 0 Å². The minimum Gasteiger partial charge on any atom is -0.465 e. The van der Waals surface area contributed by atoms with Crippen molar-refractivity contribution >= 4 is 12.1 Å². The van der Waals surface area contributed by atoms with Crippen molar-refractivity contribution in [2.45, 2.75) is 65.0 Å². The summed E-state index contributed by atoms with van der Waals surface area (Å²) in [6.45, 7) is 10.5. The number of likely N-dealkylation sites (tertiary alicyclic amines) is 2. The smallest absolute Gasteiger partial charge is 0.410 e. The zero-order valence-corrected chi connectivity index (χ0v) is 21.5. The molecule has 190 valence electrons. The van der Waals surface area contributed by atoms with Gasteiger partial charge in [0.05, 0.1) is 12.5 Å². The molecule has 0 N–H and O–H groups in total. The SMILES string of the molecule is CC(C)(C)OC(=O)N1CCC2=CCC(C(=O)OCC3CCN(Cc4ccccc4)CC3)C=C2CC1. The van der Waals surface area contributed by atoms with Crippen molar-refractivity contribution in [3.63, 3.8) is 0 Å². The fourth-order valence-corrected chi connectivity index (χ4v) is 5.08. The van der Waals surface area contributed by atoms with Crippen molar-refractivity contribution in [2.75, 3.05) is 32.8 Å². The molecular weight excluding hydrogens is 440 g/mol. The van der Waals surface area contributed by atoms with E-state index in [1.807, 2.05) is 20.8 Å². The number of ether oxygens (including phenoxy) is 2. The number of hydrogen-bond acceptors (Lipinski definition) is 5. The molecule has 4 rings (SSSR count). The van der Waals surface area contributed by atoms with Gasteiger partial charge >= 0.3 is 12.1 Å². The molecule has 1 unspecified atom stereocenters. The highest BCUT2D eigenvalue weighted by molar-refractivity contribution is 5.76. The Hall–Kier alpha value is -2.60. The van der Waals surface area contributed by atoms with Gasteiger partial charge in [-0.05, 0) is 88.6 Å². The zero-order valence-electron chi connectivity index (χ0n) is 21.5. The monoisotopic (exact) mass is 480 g/mol. The third kappa shape index (κ3) is 7.44. The Bertz CT molecular complexity index is 939. The summed E-state index contributed by atoms with van der Waals surface area (Å²) in [5.41, 5.74) is 3.29. The third-order valence-electron chi connectivity index (χ3n) is 7.11. The lowest BCUT2D eigenvalue weighted by molar-refractivity contribution is -0.148. The van der Waals surface area contributed by atoms with E-state index in [2.05, 4.69) is 47.4 Å². The lowest BCUT2D eigenvalue weighted by atomic mass is 9.88. The molecule has 1 amide bonds. The number of allylic oxidation sites excluding steroid dienone is 1. The predicted molar refractivity (Wildman–Crippen MR) is 137 cm³/mol. The molecule has 1 aromatic rings. The van der Waals surface area contributed by atoms with E-state index in [0.717, 1.165) is 45.3 Å². The van der Waals surface area contributed by atoms with Crippen LogP contribution in [0.25, 0.3) is 0 Å². The van der Waals surface area contributed by atoms with Gasteiger partial charge in [-0.15, -0.1) is 0 Å². The van der Waals surface area contributed by atoms with Gasteiger partial charge in [-0.1, -0.05) is 42.5 Å². The summed E-state index contributed by atoms with van der Waals surface area (Å²) in [4.78, 5) is 29.6. The maximum absolute atomic E-state index is 12.8. The van der Waals surface area contributed by atoms with Crippen molar-refractivity contribution < 1.29 is 19.1 Å². The van der Waals surface area contributed by atoms with Crippen LogP contribution >= 0.6 is 0 Å². The van der Waals surface area contributed by atoms with Gasteiger partial charge in [-0.3, -0.25) is 9.69 Å². The summed E-state index contributed by atoms with van der Waals surface area (Å²) >= 11 is 0. The number of carbonyl (C=O) groups is 2. The molecule has 6 heteroatoms. The second-order valence-corrected chi connectivity index (χ2v) is 11.1. The van der Waals surface area contributed by atoms with Crippen molar-refractivity contribution in [3.05, 3.63) is 59.2 Å². The molecule has 2 fully saturated rings. The highest BCUT2D eigenvalue weighted by Gasteiger charge is 2.29. The summed E-state index contributed by atoms with van der Waals surface area (Å²) in [7, 11) is 0. The summed E-state index contributed by atoms with van der Waals surface area (Å²) in [6, 6.07) is 10.6. The maximum atomic E-state index is 12.8. The van der Waals surface area contributed by atoms with E-state index in [-0.39, 0.29) is 18.0 Å². The number of rotatable bonds is 5.